The molecule has 1 fully saturated rings. The molecule has 0 spiro atoms. The average molecular weight is 242 g/mol. The van der Waals surface area contributed by atoms with Crippen LogP contribution in [0.1, 0.15) is 41.0 Å². The molecule has 0 aromatic carbocycles. The molecule has 0 aromatic heterocycles. The fraction of sp³-hybridized carbons (Fsp3) is 1.00. The van der Waals surface area contributed by atoms with Gasteiger partial charge in [-0.25, -0.2) is 0 Å². The molecule has 1 saturated heterocycles. The molecule has 0 atom stereocenters. The van der Waals surface area contributed by atoms with Crippen molar-refractivity contribution in [3.8, 4) is 0 Å². The zero-order valence-corrected chi connectivity index (χ0v) is 12.3. The maximum absolute atomic E-state index is 5.57. The van der Waals surface area contributed by atoms with Gasteiger partial charge in [-0.1, -0.05) is 20.8 Å². The average Bonchev–Trinajstić information content (AvgIpc) is 2.21. The molecule has 0 saturated carbocycles. The van der Waals surface area contributed by atoms with Gasteiger partial charge in [0.05, 0.1) is 13.2 Å². The normalized spacial score (nSPS) is 21.7. The summed E-state index contributed by atoms with van der Waals surface area (Å²) in [5, 5.41) is 3.53. The van der Waals surface area contributed by atoms with Crippen LogP contribution in [0, 0.1) is 5.41 Å². The Hall–Kier alpha value is -0.120. The molecule has 3 heteroatoms. The molecule has 0 unspecified atom stereocenters. The third kappa shape index (κ3) is 4.94. The maximum Gasteiger partial charge on any atom is 0.0645 e. The lowest BCUT2D eigenvalue weighted by atomic mass is 9.89. The van der Waals surface area contributed by atoms with Gasteiger partial charge in [-0.3, -0.25) is 4.90 Å². The van der Waals surface area contributed by atoms with E-state index in [0.29, 0.717) is 5.41 Å². The zero-order chi connectivity index (χ0) is 12.9. The van der Waals surface area contributed by atoms with Crippen LogP contribution in [0.25, 0.3) is 0 Å². The molecule has 0 aliphatic carbocycles. The highest BCUT2D eigenvalue weighted by atomic mass is 16.5. The van der Waals surface area contributed by atoms with Crippen LogP contribution in [0.15, 0.2) is 0 Å². The molecular formula is C14H30N2O. The van der Waals surface area contributed by atoms with Gasteiger partial charge in [-0.15, -0.1) is 0 Å². The van der Waals surface area contributed by atoms with Crippen molar-refractivity contribution in [2.24, 2.45) is 5.41 Å². The lowest BCUT2D eigenvalue weighted by Crippen LogP contribution is -2.56. The van der Waals surface area contributed by atoms with Crippen LogP contribution in [-0.4, -0.2) is 49.8 Å². The van der Waals surface area contributed by atoms with Crippen LogP contribution in [0.2, 0.25) is 0 Å². The summed E-state index contributed by atoms with van der Waals surface area (Å²) in [6.07, 6.45) is 1.21. The first-order valence-corrected chi connectivity index (χ1v) is 6.91. The van der Waals surface area contributed by atoms with Gasteiger partial charge in [0, 0.05) is 25.2 Å². The summed E-state index contributed by atoms with van der Waals surface area (Å²) in [5.41, 5.74) is 0.504. The third-order valence-electron chi connectivity index (χ3n) is 3.47. The second-order valence-corrected chi connectivity index (χ2v) is 6.63. The van der Waals surface area contributed by atoms with E-state index in [-0.39, 0.29) is 5.54 Å². The Morgan fingerprint density at radius 1 is 1.35 bits per heavy atom. The summed E-state index contributed by atoms with van der Waals surface area (Å²) >= 11 is 0. The number of hydrogen-bond acceptors (Lipinski definition) is 3. The van der Waals surface area contributed by atoms with E-state index in [1.807, 2.05) is 0 Å². The number of ether oxygens (including phenoxy) is 1. The first-order chi connectivity index (χ1) is 7.87. The first kappa shape index (κ1) is 14.9. The van der Waals surface area contributed by atoms with Crippen LogP contribution in [0.3, 0.4) is 0 Å². The monoisotopic (exact) mass is 242 g/mol. The molecule has 1 aliphatic rings. The van der Waals surface area contributed by atoms with Crippen molar-refractivity contribution in [2.75, 3.05) is 39.4 Å². The molecule has 3 nitrogen and oxygen atoms in total. The predicted octanol–water partition coefficient (Wildman–Crippen LogP) is 2.12. The molecule has 102 valence electrons. The highest BCUT2D eigenvalue weighted by Crippen LogP contribution is 2.25. The summed E-state index contributed by atoms with van der Waals surface area (Å²) in [4.78, 5) is 2.57. The van der Waals surface area contributed by atoms with E-state index in [4.69, 9.17) is 4.74 Å². The van der Waals surface area contributed by atoms with Crippen molar-refractivity contribution in [3.63, 3.8) is 0 Å². The quantitative estimate of drug-likeness (QED) is 0.722. The van der Waals surface area contributed by atoms with E-state index < -0.39 is 0 Å². The van der Waals surface area contributed by atoms with Gasteiger partial charge in [-0.2, -0.15) is 0 Å². The van der Waals surface area contributed by atoms with E-state index in [0.717, 1.165) is 39.4 Å². The van der Waals surface area contributed by atoms with Crippen LogP contribution >= 0.6 is 0 Å². The highest BCUT2D eigenvalue weighted by Gasteiger charge is 2.34. The third-order valence-corrected chi connectivity index (χ3v) is 3.47. The topological polar surface area (TPSA) is 24.5 Å². The largest absolute Gasteiger partial charge is 0.378 e. The Morgan fingerprint density at radius 2 is 2.06 bits per heavy atom. The van der Waals surface area contributed by atoms with Crippen LogP contribution in [0.5, 0.6) is 0 Å². The molecular weight excluding hydrogens is 212 g/mol. The summed E-state index contributed by atoms with van der Waals surface area (Å²) in [6, 6.07) is 0. The minimum absolute atomic E-state index is 0.181. The minimum atomic E-state index is 0.181. The zero-order valence-electron chi connectivity index (χ0n) is 12.3. The van der Waals surface area contributed by atoms with Crippen LogP contribution in [0.4, 0.5) is 0 Å². The van der Waals surface area contributed by atoms with E-state index in [1.54, 1.807) is 0 Å². The maximum atomic E-state index is 5.57. The summed E-state index contributed by atoms with van der Waals surface area (Å²) < 4.78 is 5.57. The van der Waals surface area contributed by atoms with Gasteiger partial charge >= 0.3 is 0 Å². The Balaban J connectivity index is 2.44. The molecule has 0 bridgehead atoms. The van der Waals surface area contributed by atoms with Crippen molar-refractivity contribution >= 4 is 0 Å². The molecule has 1 heterocycles. The lowest BCUT2D eigenvalue weighted by molar-refractivity contribution is -0.0644. The first-order valence-electron chi connectivity index (χ1n) is 6.91. The molecule has 1 rings (SSSR count). The Kier molecular flexibility index (Phi) is 5.42. The van der Waals surface area contributed by atoms with E-state index in [1.165, 1.54) is 6.42 Å². The number of rotatable bonds is 6. The number of nitrogens with one attached hydrogen (secondary N) is 1. The Bertz CT molecular complexity index is 226. The number of morpholine rings is 1. The summed E-state index contributed by atoms with van der Waals surface area (Å²) in [6.45, 7) is 17.6. The van der Waals surface area contributed by atoms with Crippen molar-refractivity contribution in [2.45, 2.75) is 46.6 Å². The molecule has 1 N–H and O–H groups in total. The van der Waals surface area contributed by atoms with Crippen LogP contribution in [-0.2, 0) is 4.74 Å². The molecule has 17 heavy (non-hydrogen) atoms. The van der Waals surface area contributed by atoms with Gasteiger partial charge in [-0.05, 0) is 32.2 Å². The van der Waals surface area contributed by atoms with Crippen molar-refractivity contribution in [1.29, 1.82) is 0 Å². The SMILES string of the molecule is CCCNCC(C)(C)CN1CCOCC1(C)C. The molecule has 0 radical (unpaired) electrons. The second-order valence-electron chi connectivity index (χ2n) is 6.63. The Labute approximate surface area is 107 Å². The highest BCUT2D eigenvalue weighted by molar-refractivity contribution is 4.88. The van der Waals surface area contributed by atoms with E-state index in [2.05, 4.69) is 44.8 Å². The fourth-order valence-electron chi connectivity index (χ4n) is 2.36. The molecule has 0 amide bonds. The lowest BCUT2D eigenvalue weighted by Gasteiger charge is -2.45. The van der Waals surface area contributed by atoms with Gasteiger partial charge in [0.25, 0.3) is 0 Å². The van der Waals surface area contributed by atoms with Crippen molar-refractivity contribution < 1.29 is 4.74 Å². The number of nitrogens with zero attached hydrogens (tertiary/aromatic N) is 1. The van der Waals surface area contributed by atoms with Gasteiger partial charge in [0.2, 0.25) is 0 Å². The van der Waals surface area contributed by atoms with E-state index >= 15 is 0 Å². The van der Waals surface area contributed by atoms with Crippen LogP contribution < -0.4 is 5.32 Å². The van der Waals surface area contributed by atoms with Crippen molar-refractivity contribution in [1.82, 2.24) is 10.2 Å². The fourth-order valence-corrected chi connectivity index (χ4v) is 2.36. The van der Waals surface area contributed by atoms with Gasteiger partial charge < -0.3 is 10.1 Å². The van der Waals surface area contributed by atoms with Gasteiger partial charge in [0.15, 0.2) is 0 Å². The second kappa shape index (κ2) is 6.17. The van der Waals surface area contributed by atoms with Crippen molar-refractivity contribution in [3.05, 3.63) is 0 Å². The standard InChI is InChI=1S/C14H30N2O/c1-6-7-15-10-13(2,3)11-16-8-9-17-12-14(16,4)5/h15H,6-12H2,1-5H3. The minimum Gasteiger partial charge on any atom is -0.378 e. The van der Waals surface area contributed by atoms with E-state index in [9.17, 15) is 0 Å². The number of hydrogen-bond donors (Lipinski definition) is 1. The predicted molar refractivity (Wildman–Crippen MR) is 73.4 cm³/mol. The molecule has 1 aliphatic heterocycles. The summed E-state index contributed by atoms with van der Waals surface area (Å²) in [5.74, 6) is 0. The Morgan fingerprint density at radius 3 is 2.65 bits per heavy atom. The van der Waals surface area contributed by atoms with Gasteiger partial charge in [0.1, 0.15) is 0 Å². The smallest absolute Gasteiger partial charge is 0.0645 e. The molecule has 0 aromatic rings. The summed E-state index contributed by atoms with van der Waals surface area (Å²) in [7, 11) is 0.